The van der Waals surface area contributed by atoms with Gasteiger partial charge in [0.2, 0.25) is 11.8 Å². The number of carboxylic acids is 1. The number of rotatable bonds is 14. The van der Waals surface area contributed by atoms with Crippen LogP contribution < -0.4 is 20.1 Å². The number of halogens is 1. The number of hydrogen-bond donors (Lipinski definition) is 3. The van der Waals surface area contributed by atoms with Gasteiger partial charge in [0.1, 0.15) is 53.0 Å². The number of amides is 3. The minimum absolute atomic E-state index is 0.0106. The number of carbonyl (C=O) groups is 4. The Morgan fingerprint density at radius 1 is 1.03 bits per heavy atom. The van der Waals surface area contributed by atoms with Crippen molar-refractivity contribution in [1.82, 2.24) is 25.4 Å². The number of ether oxygens (including phenoxy) is 3. The molecule has 5 fully saturated rings. The van der Waals surface area contributed by atoms with Crippen LogP contribution in [0.4, 0.5) is 4.79 Å². The molecule has 58 heavy (non-hydrogen) atoms. The van der Waals surface area contributed by atoms with Crippen LogP contribution in [0.1, 0.15) is 105 Å². The zero-order chi connectivity index (χ0) is 41.5. The third-order valence-electron chi connectivity index (χ3n) is 12.7. The minimum Gasteiger partial charge on any atom is -0.491 e. The molecule has 1 aromatic carbocycles. The molecule has 316 valence electrons. The molecule has 1 aromatic heterocycles. The molecule has 8 atom stereocenters. The van der Waals surface area contributed by atoms with Crippen LogP contribution in [0.15, 0.2) is 23.8 Å². The molecule has 0 bridgehead atoms. The van der Waals surface area contributed by atoms with Gasteiger partial charge < -0.3 is 34.9 Å². The number of likely N-dealkylation sites (tertiary alicyclic amines) is 2. The summed E-state index contributed by atoms with van der Waals surface area (Å²) in [6.07, 6.45) is 7.89. The van der Waals surface area contributed by atoms with Gasteiger partial charge in [0.25, 0.3) is 0 Å². The number of hydrogen-bond acceptors (Lipinski definition) is 9. The van der Waals surface area contributed by atoms with Crippen LogP contribution in [0.2, 0.25) is 5.02 Å². The van der Waals surface area contributed by atoms with Crippen molar-refractivity contribution in [2.45, 2.75) is 129 Å². The van der Waals surface area contributed by atoms with Gasteiger partial charge in [0.15, 0.2) is 0 Å². The summed E-state index contributed by atoms with van der Waals surface area (Å²) in [7, 11) is 0. The summed E-state index contributed by atoms with van der Waals surface area (Å²) in [5, 5.41) is 16.8. The first-order valence-electron chi connectivity index (χ1n) is 21.2. The average molecular weight is 822 g/mol. The van der Waals surface area contributed by atoms with Gasteiger partial charge in [0.05, 0.1) is 17.8 Å². The number of alkyl carbamates (subject to hydrolysis) is 1. The van der Waals surface area contributed by atoms with E-state index in [9.17, 15) is 24.3 Å². The van der Waals surface area contributed by atoms with E-state index < -0.39 is 53.0 Å². The molecule has 7 rings (SSSR count). The maximum absolute atomic E-state index is 14.7. The molecule has 0 spiro atoms. The average Bonchev–Trinajstić information content (AvgIpc) is 3.98. The Labute approximate surface area is 346 Å². The van der Waals surface area contributed by atoms with Gasteiger partial charge in [-0.1, -0.05) is 57.7 Å². The predicted octanol–water partition coefficient (Wildman–Crippen LogP) is 6.83. The normalized spacial score (nSPS) is 28.3. The number of aliphatic carboxylic acids is 1. The predicted molar refractivity (Wildman–Crippen MR) is 221 cm³/mol. The van der Waals surface area contributed by atoms with Gasteiger partial charge in [-0.2, -0.15) is 0 Å². The van der Waals surface area contributed by atoms with Crippen LogP contribution in [-0.2, 0) is 19.1 Å². The number of carbonyl (C=O) groups excluding carboxylic acids is 3. The third-order valence-corrected chi connectivity index (χ3v) is 13.1. The summed E-state index contributed by atoms with van der Waals surface area (Å²) in [6, 6.07) is 3.39. The van der Waals surface area contributed by atoms with Gasteiger partial charge >= 0.3 is 12.1 Å². The van der Waals surface area contributed by atoms with Crippen LogP contribution >= 0.6 is 11.6 Å². The minimum atomic E-state index is -1.39. The summed E-state index contributed by atoms with van der Waals surface area (Å²) in [4.78, 5) is 63.3. The number of fused-ring (bicyclic) bond motifs is 2. The number of aromatic nitrogens is 1. The van der Waals surface area contributed by atoms with Gasteiger partial charge in [-0.3, -0.25) is 14.5 Å². The molecule has 2 aliphatic heterocycles. The van der Waals surface area contributed by atoms with Gasteiger partial charge in [0, 0.05) is 24.4 Å². The molecule has 3 N–H and O–H groups in total. The second-order valence-corrected chi connectivity index (χ2v) is 18.9. The molecule has 1 unspecified atom stereocenters. The first-order valence-corrected chi connectivity index (χ1v) is 21.6. The van der Waals surface area contributed by atoms with Gasteiger partial charge in [-0.05, 0) is 107 Å². The molecular weight excluding hydrogens is 762 g/mol. The maximum atomic E-state index is 14.7. The molecule has 14 heteroatoms. The highest BCUT2D eigenvalue weighted by atomic mass is 35.5. The Hall–Kier alpha value is -4.10. The highest BCUT2D eigenvalue weighted by Crippen LogP contribution is 2.52. The zero-order valence-corrected chi connectivity index (χ0v) is 35.5. The van der Waals surface area contributed by atoms with Crippen molar-refractivity contribution in [3.8, 4) is 11.5 Å². The lowest BCUT2D eigenvalue weighted by Gasteiger charge is -2.35. The number of piperidine rings is 1. The molecule has 0 radical (unpaired) electrons. The lowest BCUT2D eigenvalue weighted by molar-refractivity contribution is -0.146. The van der Waals surface area contributed by atoms with Crippen LogP contribution in [-0.4, -0.2) is 106 Å². The van der Waals surface area contributed by atoms with Crippen molar-refractivity contribution in [1.29, 1.82) is 0 Å². The van der Waals surface area contributed by atoms with Crippen molar-refractivity contribution in [3.63, 3.8) is 0 Å². The third kappa shape index (κ3) is 9.20. The van der Waals surface area contributed by atoms with Crippen LogP contribution in [0, 0.1) is 23.2 Å². The van der Waals surface area contributed by atoms with E-state index in [-0.39, 0.29) is 25.0 Å². The molecule has 13 nitrogen and oxygen atoms in total. The molecule has 2 saturated heterocycles. The number of carboxylic acid groups (broad SMARTS) is 1. The molecule has 3 heterocycles. The summed E-state index contributed by atoms with van der Waals surface area (Å²) >= 11 is 7.01. The molecule has 2 aromatic rings. The van der Waals surface area contributed by atoms with Crippen molar-refractivity contribution >= 4 is 52.5 Å². The molecule has 3 saturated carbocycles. The Morgan fingerprint density at radius 3 is 2.40 bits per heavy atom. The topological polar surface area (TPSA) is 160 Å². The summed E-state index contributed by atoms with van der Waals surface area (Å²) < 4.78 is 18.7. The number of allylic oxidation sites excluding steroid dienone is 1. The summed E-state index contributed by atoms with van der Waals surface area (Å²) in [5.74, 6) is -0.141. The smallest absolute Gasteiger partial charge is 0.408 e. The molecule has 3 aliphatic carbocycles. The van der Waals surface area contributed by atoms with E-state index in [1.807, 2.05) is 65.8 Å². The lowest BCUT2D eigenvalue weighted by Crippen LogP contribution is -2.59. The standard InChI is InChI=1S/C44H60ClN5O8/c1-7-28-23-44(28,41(53)54)48-39(51)33-22-31(24-50(33)40(52)38(43(4,5)6)47-42(55)58-30-19-26-18-27(26)20-30)57-35-21-29(17-25(2)3)46-37-32(35)11-12-34(36(37)45)56-16-15-49-13-9-8-10-14-49/h11-12,17,21,26-28,30-31,33,38H,7-10,13-16,18-20,22-24H2,1-6H3,(H,47,55)(H,48,51)(H,53,54)/t26-,27+,28-,30?,31-,33+,38-,44-/m1/s1. The van der Waals surface area contributed by atoms with E-state index in [4.69, 9.17) is 30.8 Å². The fourth-order valence-electron chi connectivity index (χ4n) is 9.30. The maximum Gasteiger partial charge on any atom is 0.408 e. The Bertz CT molecular complexity index is 1930. The summed E-state index contributed by atoms with van der Waals surface area (Å²) in [5.41, 5.74) is -0.0186. The fraction of sp³-hybridized carbons (Fsp3) is 0.659. The van der Waals surface area contributed by atoms with Crippen LogP contribution in [0.25, 0.3) is 17.0 Å². The highest BCUT2D eigenvalue weighted by Gasteiger charge is 2.61. The van der Waals surface area contributed by atoms with Crippen molar-refractivity contribution < 1.29 is 38.5 Å². The first-order chi connectivity index (χ1) is 27.6. The van der Waals surface area contributed by atoms with E-state index in [2.05, 4.69) is 15.5 Å². The fourth-order valence-corrected chi connectivity index (χ4v) is 9.56. The molecule has 5 aliphatic rings. The number of benzene rings is 1. The van der Waals surface area contributed by atoms with Gasteiger partial charge in [-0.25, -0.2) is 14.6 Å². The number of nitrogens with zero attached hydrogens (tertiary/aromatic N) is 3. The van der Waals surface area contributed by atoms with E-state index in [1.165, 1.54) is 30.6 Å². The molecular formula is C44H60ClN5O8. The van der Waals surface area contributed by atoms with Crippen molar-refractivity contribution in [2.24, 2.45) is 23.2 Å². The Balaban J connectivity index is 1.15. The van der Waals surface area contributed by atoms with Gasteiger partial charge in [-0.15, -0.1) is 0 Å². The van der Waals surface area contributed by atoms with E-state index >= 15 is 0 Å². The summed E-state index contributed by atoms with van der Waals surface area (Å²) in [6.45, 7) is 14.8. The van der Waals surface area contributed by atoms with Crippen LogP contribution in [0.5, 0.6) is 11.5 Å². The Kier molecular flexibility index (Phi) is 12.2. The van der Waals surface area contributed by atoms with Crippen molar-refractivity contribution in [2.75, 3.05) is 32.8 Å². The SMILES string of the molecule is CC[C@@H]1C[C@]1(NC(=O)[C@@H]1C[C@@H](Oc2cc(C=C(C)C)nc3c(Cl)c(OCCN4CCCCC4)ccc23)CN1C(=O)[C@@H](NC(=O)OC1C[C@@H]2C[C@@H]2C1)C(C)(C)C)C(=O)O. The van der Waals surface area contributed by atoms with Crippen molar-refractivity contribution in [3.05, 3.63) is 34.5 Å². The van der Waals surface area contributed by atoms with Crippen LogP contribution in [0.3, 0.4) is 0 Å². The highest BCUT2D eigenvalue weighted by molar-refractivity contribution is 6.36. The first kappa shape index (κ1) is 42.0. The largest absolute Gasteiger partial charge is 0.491 e. The van der Waals surface area contributed by atoms with E-state index in [0.717, 1.165) is 38.0 Å². The monoisotopic (exact) mass is 821 g/mol. The second kappa shape index (κ2) is 16.9. The lowest BCUT2D eigenvalue weighted by atomic mass is 9.85. The van der Waals surface area contributed by atoms with E-state index in [1.54, 1.807) is 0 Å². The number of nitrogens with one attached hydrogen (secondary N) is 2. The zero-order valence-electron chi connectivity index (χ0n) is 34.8. The number of pyridine rings is 1. The second-order valence-electron chi connectivity index (χ2n) is 18.5. The quantitative estimate of drug-likeness (QED) is 0.184. The van der Waals surface area contributed by atoms with E-state index in [0.29, 0.717) is 64.4 Å². The Morgan fingerprint density at radius 2 is 1.76 bits per heavy atom. The molecule has 3 amide bonds.